The summed E-state index contributed by atoms with van der Waals surface area (Å²) in [4.78, 5) is 20.2. The van der Waals surface area contributed by atoms with E-state index in [4.69, 9.17) is 0 Å². The molecule has 1 atom stereocenters. The first kappa shape index (κ1) is 9.63. The summed E-state index contributed by atoms with van der Waals surface area (Å²) in [6.45, 7) is 1.82. The summed E-state index contributed by atoms with van der Waals surface area (Å²) in [5.41, 5.74) is 2.47. The summed E-state index contributed by atoms with van der Waals surface area (Å²) in [5.74, 6) is 0.247. The second kappa shape index (κ2) is 3.47. The predicted octanol–water partition coefficient (Wildman–Crippen LogP) is 0.675. The Morgan fingerprint density at radius 2 is 2.31 bits per heavy atom. The SMILES string of the molecule is CN1CCC(N2CCc3ccncc32)C1=O. The molecule has 1 amide bonds. The number of carbonyl (C=O) groups excluding carboxylic acids is 1. The topological polar surface area (TPSA) is 36.4 Å². The number of amides is 1. The number of rotatable bonds is 1. The molecule has 2 aliphatic heterocycles. The molecule has 4 nitrogen and oxygen atoms in total. The lowest BCUT2D eigenvalue weighted by molar-refractivity contribution is -0.127. The highest BCUT2D eigenvalue weighted by atomic mass is 16.2. The van der Waals surface area contributed by atoms with Crippen molar-refractivity contribution in [2.75, 3.05) is 25.0 Å². The number of hydrogen-bond donors (Lipinski definition) is 0. The van der Waals surface area contributed by atoms with E-state index >= 15 is 0 Å². The summed E-state index contributed by atoms with van der Waals surface area (Å²) in [6, 6.07) is 2.09. The van der Waals surface area contributed by atoms with Gasteiger partial charge in [-0.05, 0) is 24.5 Å². The average Bonchev–Trinajstić information content (AvgIpc) is 2.85. The highest BCUT2D eigenvalue weighted by Crippen LogP contribution is 2.31. The van der Waals surface area contributed by atoms with Crippen molar-refractivity contribution < 1.29 is 4.79 Å². The first-order chi connectivity index (χ1) is 7.77. The van der Waals surface area contributed by atoms with Crippen LogP contribution in [0.2, 0.25) is 0 Å². The van der Waals surface area contributed by atoms with Gasteiger partial charge in [0, 0.05) is 26.3 Å². The van der Waals surface area contributed by atoms with E-state index in [1.165, 1.54) is 5.56 Å². The predicted molar refractivity (Wildman–Crippen MR) is 61.3 cm³/mol. The second-order valence-corrected chi connectivity index (χ2v) is 4.51. The van der Waals surface area contributed by atoms with E-state index in [2.05, 4.69) is 16.0 Å². The van der Waals surface area contributed by atoms with Gasteiger partial charge in [0.2, 0.25) is 5.91 Å². The van der Waals surface area contributed by atoms with E-state index in [-0.39, 0.29) is 11.9 Å². The molecule has 0 aromatic carbocycles. The highest BCUT2D eigenvalue weighted by Gasteiger charge is 2.36. The monoisotopic (exact) mass is 217 g/mol. The van der Waals surface area contributed by atoms with E-state index in [1.807, 2.05) is 24.3 Å². The van der Waals surface area contributed by atoms with E-state index in [1.54, 1.807) is 0 Å². The normalized spacial score (nSPS) is 24.1. The van der Waals surface area contributed by atoms with Crippen LogP contribution in [0.25, 0.3) is 0 Å². The van der Waals surface area contributed by atoms with Gasteiger partial charge in [0.25, 0.3) is 0 Å². The second-order valence-electron chi connectivity index (χ2n) is 4.51. The Hall–Kier alpha value is -1.58. The Morgan fingerprint density at radius 1 is 1.44 bits per heavy atom. The maximum atomic E-state index is 12.0. The standard InChI is InChI=1S/C12H15N3O/c1-14-6-4-10(12(14)16)15-7-3-9-2-5-13-8-11(9)15/h2,5,8,10H,3-4,6-7H2,1H3. The average molecular weight is 217 g/mol. The van der Waals surface area contributed by atoms with Crippen molar-refractivity contribution in [3.05, 3.63) is 24.0 Å². The molecule has 1 aromatic heterocycles. The molecule has 1 aromatic rings. The van der Waals surface area contributed by atoms with Crippen molar-refractivity contribution in [2.24, 2.45) is 0 Å². The number of anilines is 1. The quantitative estimate of drug-likeness (QED) is 0.694. The molecule has 4 heteroatoms. The lowest BCUT2D eigenvalue weighted by Gasteiger charge is -2.24. The smallest absolute Gasteiger partial charge is 0.245 e. The zero-order valence-electron chi connectivity index (χ0n) is 9.39. The van der Waals surface area contributed by atoms with Crippen molar-refractivity contribution in [1.29, 1.82) is 0 Å². The van der Waals surface area contributed by atoms with Gasteiger partial charge in [0.15, 0.2) is 0 Å². The Balaban J connectivity index is 1.91. The maximum Gasteiger partial charge on any atom is 0.245 e. The van der Waals surface area contributed by atoms with Gasteiger partial charge >= 0.3 is 0 Å². The Kier molecular flexibility index (Phi) is 2.09. The van der Waals surface area contributed by atoms with Crippen molar-refractivity contribution in [3.63, 3.8) is 0 Å². The molecule has 1 unspecified atom stereocenters. The number of nitrogens with zero attached hydrogens (tertiary/aromatic N) is 3. The summed E-state index contributed by atoms with van der Waals surface area (Å²) in [5, 5.41) is 0. The fourth-order valence-electron chi connectivity index (χ4n) is 2.66. The fraction of sp³-hybridized carbons (Fsp3) is 0.500. The first-order valence-electron chi connectivity index (χ1n) is 5.72. The zero-order valence-corrected chi connectivity index (χ0v) is 9.39. The van der Waals surface area contributed by atoms with Crippen LogP contribution in [0.4, 0.5) is 5.69 Å². The first-order valence-corrected chi connectivity index (χ1v) is 5.72. The van der Waals surface area contributed by atoms with Gasteiger partial charge in [0.1, 0.15) is 6.04 Å². The number of fused-ring (bicyclic) bond motifs is 1. The van der Waals surface area contributed by atoms with Gasteiger partial charge in [-0.3, -0.25) is 9.78 Å². The van der Waals surface area contributed by atoms with E-state index in [0.29, 0.717) is 0 Å². The minimum atomic E-state index is 0.0375. The van der Waals surface area contributed by atoms with Gasteiger partial charge in [0.05, 0.1) is 11.9 Å². The number of pyridine rings is 1. The van der Waals surface area contributed by atoms with E-state index in [0.717, 1.165) is 31.6 Å². The van der Waals surface area contributed by atoms with Crippen LogP contribution in [0.5, 0.6) is 0 Å². The number of likely N-dealkylation sites (N-methyl/N-ethyl adjacent to an activating group) is 1. The van der Waals surface area contributed by atoms with Gasteiger partial charge < -0.3 is 9.80 Å². The third kappa shape index (κ3) is 1.29. The third-order valence-electron chi connectivity index (χ3n) is 3.59. The molecular formula is C12H15N3O. The van der Waals surface area contributed by atoms with Crippen LogP contribution in [0.15, 0.2) is 18.5 Å². The van der Waals surface area contributed by atoms with Crippen molar-refractivity contribution >= 4 is 11.6 Å². The van der Waals surface area contributed by atoms with Crippen LogP contribution < -0.4 is 4.90 Å². The van der Waals surface area contributed by atoms with Crippen LogP contribution in [-0.4, -0.2) is 42.0 Å². The van der Waals surface area contributed by atoms with Crippen LogP contribution in [-0.2, 0) is 11.2 Å². The largest absolute Gasteiger partial charge is 0.358 e. The number of hydrogen-bond acceptors (Lipinski definition) is 3. The van der Waals surface area contributed by atoms with Crippen LogP contribution in [0.3, 0.4) is 0 Å². The molecular weight excluding hydrogens is 202 g/mol. The van der Waals surface area contributed by atoms with E-state index < -0.39 is 0 Å². The van der Waals surface area contributed by atoms with Crippen LogP contribution >= 0.6 is 0 Å². The number of carbonyl (C=O) groups is 1. The molecule has 3 heterocycles. The lowest BCUT2D eigenvalue weighted by Crippen LogP contribution is -2.40. The molecule has 16 heavy (non-hydrogen) atoms. The van der Waals surface area contributed by atoms with Crippen LogP contribution in [0.1, 0.15) is 12.0 Å². The van der Waals surface area contributed by atoms with Crippen LogP contribution in [0, 0.1) is 0 Å². The number of likely N-dealkylation sites (tertiary alicyclic amines) is 1. The molecule has 0 N–H and O–H groups in total. The molecule has 0 radical (unpaired) electrons. The summed E-state index contributed by atoms with van der Waals surface area (Å²) in [7, 11) is 1.88. The zero-order chi connectivity index (χ0) is 11.1. The molecule has 1 saturated heterocycles. The molecule has 0 saturated carbocycles. The molecule has 0 aliphatic carbocycles. The third-order valence-corrected chi connectivity index (χ3v) is 3.59. The summed E-state index contributed by atoms with van der Waals surface area (Å²) < 4.78 is 0. The fourth-order valence-corrected chi connectivity index (χ4v) is 2.66. The van der Waals surface area contributed by atoms with Gasteiger partial charge in [-0.1, -0.05) is 0 Å². The minimum Gasteiger partial charge on any atom is -0.358 e. The molecule has 2 aliphatic rings. The van der Waals surface area contributed by atoms with Crippen molar-refractivity contribution in [2.45, 2.75) is 18.9 Å². The van der Waals surface area contributed by atoms with Crippen molar-refractivity contribution in [1.82, 2.24) is 9.88 Å². The van der Waals surface area contributed by atoms with Gasteiger partial charge in [-0.15, -0.1) is 0 Å². The Labute approximate surface area is 94.9 Å². The minimum absolute atomic E-state index is 0.0375. The van der Waals surface area contributed by atoms with Crippen molar-refractivity contribution in [3.8, 4) is 0 Å². The van der Waals surface area contributed by atoms with Gasteiger partial charge in [-0.25, -0.2) is 0 Å². The maximum absolute atomic E-state index is 12.0. The molecule has 1 fully saturated rings. The Bertz CT molecular complexity index is 432. The summed E-state index contributed by atoms with van der Waals surface area (Å²) >= 11 is 0. The molecule has 0 spiro atoms. The lowest BCUT2D eigenvalue weighted by atomic mass is 10.2. The summed E-state index contributed by atoms with van der Waals surface area (Å²) in [6.07, 6.45) is 5.67. The Morgan fingerprint density at radius 3 is 3.06 bits per heavy atom. The number of aromatic nitrogens is 1. The van der Waals surface area contributed by atoms with Gasteiger partial charge in [-0.2, -0.15) is 0 Å². The molecule has 3 rings (SSSR count). The van der Waals surface area contributed by atoms with E-state index in [9.17, 15) is 4.79 Å². The molecule has 84 valence electrons. The molecule has 0 bridgehead atoms. The highest BCUT2D eigenvalue weighted by molar-refractivity contribution is 5.87.